The van der Waals surface area contributed by atoms with Crippen molar-refractivity contribution in [3.05, 3.63) is 22.4 Å². The van der Waals surface area contributed by atoms with E-state index in [2.05, 4.69) is 10.6 Å². The Morgan fingerprint density at radius 3 is 2.69 bits per heavy atom. The van der Waals surface area contributed by atoms with E-state index in [0.717, 1.165) is 9.78 Å². The Bertz CT molecular complexity index is 691. The number of nitrogens with one attached hydrogen (secondary N) is 2. The second-order valence-electron chi connectivity index (χ2n) is 5.59. The standard InChI is InChI=1S/C16H20N4O5S/c1-2-19-5-6-20(15(24)14(19)23)16(25)18-11(10-21)9-17-13(22)8-12-4-3-7-26-12/h3-4,7,10-11H,2,5-6,8-9H2,1H3,(H,17,22)(H,18,25). The van der Waals surface area contributed by atoms with E-state index in [4.69, 9.17) is 0 Å². The first-order chi connectivity index (χ1) is 12.5. The third-order valence-corrected chi connectivity index (χ3v) is 4.72. The molecule has 26 heavy (non-hydrogen) atoms. The predicted molar refractivity (Wildman–Crippen MR) is 93.4 cm³/mol. The van der Waals surface area contributed by atoms with E-state index < -0.39 is 23.9 Å². The van der Waals surface area contributed by atoms with Crippen LogP contribution in [0.4, 0.5) is 4.79 Å². The normalized spacial score (nSPS) is 15.6. The van der Waals surface area contributed by atoms with Gasteiger partial charge in [-0.2, -0.15) is 0 Å². The first-order valence-electron chi connectivity index (χ1n) is 8.11. The molecular weight excluding hydrogens is 360 g/mol. The van der Waals surface area contributed by atoms with Gasteiger partial charge in [-0.05, 0) is 18.4 Å². The molecule has 0 aromatic carbocycles. The van der Waals surface area contributed by atoms with Crippen LogP contribution in [0.15, 0.2) is 17.5 Å². The van der Waals surface area contributed by atoms with Crippen molar-refractivity contribution in [2.45, 2.75) is 19.4 Å². The molecular formula is C16H20N4O5S. The summed E-state index contributed by atoms with van der Waals surface area (Å²) < 4.78 is 0. The lowest BCUT2D eigenvalue weighted by molar-refractivity contribution is -0.153. The molecule has 1 aliphatic rings. The molecule has 1 aliphatic heterocycles. The summed E-state index contributed by atoms with van der Waals surface area (Å²) in [6, 6.07) is 1.82. The van der Waals surface area contributed by atoms with Gasteiger partial charge in [0, 0.05) is 31.1 Å². The number of urea groups is 1. The molecule has 0 aliphatic carbocycles. The summed E-state index contributed by atoms with van der Waals surface area (Å²) in [5.74, 6) is -1.96. The summed E-state index contributed by atoms with van der Waals surface area (Å²) in [7, 11) is 0. The van der Waals surface area contributed by atoms with E-state index in [1.165, 1.54) is 16.2 Å². The number of thiophene rings is 1. The van der Waals surface area contributed by atoms with E-state index >= 15 is 0 Å². The van der Waals surface area contributed by atoms with Crippen LogP contribution in [0.25, 0.3) is 0 Å². The molecule has 1 fully saturated rings. The van der Waals surface area contributed by atoms with Crippen LogP contribution in [0.2, 0.25) is 0 Å². The highest BCUT2D eigenvalue weighted by Gasteiger charge is 2.35. The number of piperazine rings is 1. The Hall–Kier alpha value is -2.75. The molecule has 1 unspecified atom stereocenters. The quantitative estimate of drug-likeness (QED) is 0.483. The molecule has 10 heteroatoms. The van der Waals surface area contributed by atoms with Crippen LogP contribution >= 0.6 is 11.3 Å². The highest BCUT2D eigenvalue weighted by atomic mass is 32.1. The summed E-state index contributed by atoms with van der Waals surface area (Å²) in [5.41, 5.74) is 0. The number of likely N-dealkylation sites (N-methyl/N-ethyl adjacent to an activating group) is 1. The number of imide groups is 1. The van der Waals surface area contributed by atoms with Gasteiger partial charge >= 0.3 is 17.8 Å². The molecule has 1 aromatic heterocycles. The minimum atomic E-state index is -0.998. The largest absolute Gasteiger partial charge is 0.353 e. The Labute approximate surface area is 154 Å². The summed E-state index contributed by atoms with van der Waals surface area (Å²) in [4.78, 5) is 61.9. The fraction of sp³-hybridized carbons (Fsp3) is 0.438. The topological polar surface area (TPSA) is 116 Å². The second-order valence-corrected chi connectivity index (χ2v) is 6.63. The summed E-state index contributed by atoms with van der Waals surface area (Å²) in [6.45, 7) is 2.32. The number of nitrogens with zero attached hydrogens (tertiary/aromatic N) is 2. The van der Waals surface area contributed by atoms with Crippen molar-refractivity contribution in [2.75, 3.05) is 26.2 Å². The van der Waals surface area contributed by atoms with E-state index in [-0.39, 0.29) is 32.0 Å². The highest BCUT2D eigenvalue weighted by Crippen LogP contribution is 2.08. The smallest absolute Gasteiger partial charge is 0.325 e. The molecule has 0 spiro atoms. The summed E-state index contributed by atoms with van der Waals surface area (Å²) >= 11 is 1.44. The lowest BCUT2D eigenvalue weighted by Crippen LogP contribution is -2.60. The van der Waals surface area contributed by atoms with E-state index in [0.29, 0.717) is 12.8 Å². The number of hydrogen-bond acceptors (Lipinski definition) is 6. The van der Waals surface area contributed by atoms with Crippen molar-refractivity contribution < 1.29 is 24.0 Å². The van der Waals surface area contributed by atoms with Gasteiger partial charge in [0.2, 0.25) is 5.91 Å². The van der Waals surface area contributed by atoms with Crippen molar-refractivity contribution in [1.82, 2.24) is 20.4 Å². The van der Waals surface area contributed by atoms with Gasteiger partial charge in [-0.25, -0.2) is 4.79 Å². The lowest BCUT2D eigenvalue weighted by Gasteiger charge is -2.32. The van der Waals surface area contributed by atoms with Crippen LogP contribution in [-0.4, -0.2) is 72.1 Å². The molecule has 2 heterocycles. The van der Waals surface area contributed by atoms with Gasteiger partial charge in [-0.15, -0.1) is 11.3 Å². The first kappa shape index (κ1) is 19.6. The molecule has 0 radical (unpaired) electrons. The molecule has 9 nitrogen and oxygen atoms in total. The molecule has 2 rings (SSSR count). The third kappa shape index (κ3) is 4.88. The van der Waals surface area contributed by atoms with Crippen molar-refractivity contribution in [1.29, 1.82) is 0 Å². The van der Waals surface area contributed by atoms with E-state index in [1.807, 2.05) is 17.5 Å². The highest BCUT2D eigenvalue weighted by molar-refractivity contribution is 7.10. The fourth-order valence-electron chi connectivity index (χ4n) is 2.40. The Kier molecular flexibility index (Phi) is 6.84. The average molecular weight is 380 g/mol. The number of amides is 5. The molecule has 1 atom stereocenters. The van der Waals surface area contributed by atoms with Gasteiger partial charge in [0.15, 0.2) is 0 Å². The van der Waals surface area contributed by atoms with Crippen LogP contribution < -0.4 is 10.6 Å². The summed E-state index contributed by atoms with van der Waals surface area (Å²) in [6.07, 6.45) is 0.654. The van der Waals surface area contributed by atoms with Gasteiger partial charge in [0.1, 0.15) is 12.3 Å². The van der Waals surface area contributed by atoms with E-state index in [1.54, 1.807) is 6.92 Å². The minimum absolute atomic E-state index is 0.0561. The van der Waals surface area contributed by atoms with Gasteiger partial charge in [0.25, 0.3) is 0 Å². The Morgan fingerprint density at radius 1 is 1.31 bits per heavy atom. The van der Waals surface area contributed by atoms with Crippen LogP contribution in [0.1, 0.15) is 11.8 Å². The minimum Gasteiger partial charge on any atom is -0.353 e. The van der Waals surface area contributed by atoms with Crippen LogP contribution in [0, 0.1) is 0 Å². The van der Waals surface area contributed by atoms with Gasteiger partial charge < -0.3 is 20.3 Å². The van der Waals surface area contributed by atoms with Crippen LogP contribution in [0.5, 0.6) is 0 Å². The Morgan fingerprint density at radius 2 is 2.08 bits per heavy atom. The zero-order valence-corrected chi connectivity index (χ0v) is 15.1. The zero-order chi connectivity index (χ0) is 19.1. The maximum absolute atomic E-state index is 12.2. The lowest BCUT2D eigenvalue weighted by atomic mass is 10.2. The first-order valence-corrected chi connectivity index (χ1v) is 8.99. The number of rotatable bonds is 7. The molecule has 1 saturated heterocycles. The molecule has 5 amide bonds. The Balaban J connectivity index is 1.84. The number of carbonyl (C=O) groups is 5. The average Bonchev–Trinajstić information content (AvgIpc) is 3.13. The zero-order valence-electron chi connectivity index (χ0n) is 14.3. The van der Waals surface area contributed by atoms with Crippen molar-refractivity contribution in [3.8, 4) is 0 Å². The predicted octanol–water partition coefficient (Wildman–Crippen LogP) is -0.625. The van der Waals surface area contributed by atoms with Crippen molar-refractivity contribution in [3.63, 3.8) is 0 Å². The van der Waals surface area contributed by atoms with Crippen LogP contribution in [-0.2, 0) is 25.6 Å². The SMILES string of the molecule is CCN1CCN(C(=O)NC(C=O)CNC(=O)Cc2cccs2)C(=O)C1=O. The van der Waals surface area contributed by atoms with Crippen molar-refractivity contribution in [2.24, 2.45) is 0 Å². The molecule has 1 aromatic rings. The van der Waals surface area contributed by atoms with Crippen molar-refractivity contribution >= 4 is 41.4 Å². The molecule has 0 bridgehead atoms. The number of carbonyl (C=O) groups excluding carboxylic acids is 5. The van der Waals surface area contributed by atoms with E-state index in [9.17, 15) is 24.0 Å². The third-order valence-electron chi connectivity index (χ3n) is 3.84. The second kappa shape index (κ2) is 9.09. The maximum Gasteiger partial charge on any atom is 0.325 e. The number of aldehydes is 1. The molecule has 140 valence electrons. The maximum atomic E-state index is 12.2. The molecule has 0 saturated carbocycles. The van der Waals surface area contributed by atoms with Gasteiger partial charge in [-0.3, -0.25) is 19.3 Å². The van der Waals surface area contributed by atoms with Gasteiger partial charge in [0.05, 0.1) is 6.42 Å². The summed E-state index contributed by atoms with van der Waals surface area (Å²) in [5, 5.41) is 6.76. The monoisotopic (exact) mass is 380 g/mol. The fourth-order valence-corrected chi connectivity index (χ4v) is 3.10. The number of hydrogen-bond donors (Lipinski definition) is 2. The molecule has 2 N–H and O–H groups in total. The van der Waals surface area contributed by atoms with Crippen LogP contribution in [0.3, 0.4) is 0 Å². The van der Waals surface area contributed by atoms with Gasteiger partial charge in [-0.1, -0.05) is 6.07 Å².